The van der Waals surface area contributed by atoms with Crippen LogP contribution in [0.3, 0.4) is 0 Å². The molecule has 2 aliphatic rings. The quantitative estimate of drug-likeness (QED) is 0.684. The number of nitrogens with zero attached hydrogens (tertiary/aromatic N) is 3. The number of carbonyl (C=O) groups is 2. The van der Waals surface area contributed by atoms with E-state index in [2.05, 4.69) is 13.8 Å². The number of urea groups is 1. The Labute approximate surface area is 167 Å². The van der Waals surface area contributed by atoms with Gasteiger partial charge in [-0.25, -0.2) is 4.79 Å². The minimum atomic E-state index is -0.385. The van der Waals surface area contributed by atoms with Gasteiger partial charge in [0, 0.05) is 33.3 Å². The summed E-state index contributed by atoms with van der Waals surface area (Å²) in [6.45, 7) is 7.00. The van der Waals surface area contributed by atoms with Gasteiger partial charge in [0.25, 0.3) is 0 Å². The summed E-state index contributed by atoms with van der Waals surface area (Å²) in [4.78, 5) is 31.7. The molecule has 0 unspecified atom stereocenters. The largest absolute Gasteiger partial charge is 0.497 e. The molecule has 0 N–H and O–H groups in total. The third kappa shape index (κ3) is 4.24. The van der Waals surface area contributed by atoms with Gasteiger partial charge in [0.05, 0.1) is 19.8 Å². The fourth-order valence-electron chi connectivity index (χ4n) is 4.09. The molecule has 3 rings (SSSR count). The molecule has 1 aromatic rings. The zero-order valence-corrected chi connectivity index (χ0v) is 17.3. The number of amides is 3. The van der Waals surface area contributed by atoms with Crippen LogP contribution in [0.5, 0.6) is 5.75 Å². The van der Waals surface area contributed by atoms with E-state index in [0.29, 0.717) is 45.1 Å². The standard InChI is InChI=1S/C21H31N3O4/c1-15(2)11-19-20(25)22(9-10-27-3)13-17-14-23(21(26)24(17)19)12-16-5-7-18(28-4)8-6-16/h5-8,15,17,19H,9-14H2,1-4H3/t17-,19+/m1/s1. The lowest BCUT2D eigenvalue weighted by Crippen LogP contribution is -2.61. The van der Waals surface area contributed by atoms with Crippen LogP contribution in [0, 0.1) is 5.92 Å². The van der Waals surface area contributed by atoms with E-state index in [0.717, 1.165) is 11.3 Å². The van der Waals surface area contributed by atoms with E-state index in [-0.39, 0.29) is 24.0 Å². The average Bonchev–Trinajstić information content (AvgIpc) is 2.98. The van der Waals surface area contributed by atoms with Crippen molar-refractivity contribution in [3.05, 3.63) is 29.8 Å². The fourth-order valence-corrected chi connectivity index (χ4v) is 4.09. The van der Waals surface area contributed by atoms with E-state index in [1.165, 1.54) is 0 Å². The molecule has 2 heterocycles. The highest BCUT2D eigenvalue weighted by molar-refractivity contribution is 5.90. The van der Waals surface area contributed by atoms with Crippen molar-refractivity contribution in [3.63, 3.8) is 0 Å². The Bertz CT molecular complexity index is 691. The van der Waals surface area contributed by atoms with Crippen molar-refractivity contribution in [2.24, 2.45) is 5.92 Å². The molecular weight excluding hydrogens is 358 g/mol. The normalized spacial score (nSPS) is 22.2. The van der Waals surface area contributed by atoms with Crippen molar-refractivity contribution >= 4 is 11.9 Å². The van der Waals surface area contributed by atoms with Crippen LogP contribution in [0.1, 0.15) is 25.8 Å². The Morgan fingerprint density at radius 1 is 1.07 bits per heavy atom. The maximum absolute atomic E-state index is 13.2. The molecule has 0 saturated carbocycles. The smallest absolute Gasteiger partial charge is 0.321 e. The Hall–Kier alpha value is -2.28. The Balaban J connectivity index is 1.76. The zero-order chi connectivity index (χ0) is 20.3. The SMILES string of the molecule is COCCN1C[C@@H]2CN(Cc3ccc(OC)cc3)C(=O)N2[C@@H](CC(C)C)C1=O. The molecule has 2 saturated heterocycles. The summed E-state index contributed by atoms with van der Waals surface area (Å²) < 4.78 is 10.4. The third-order valence-electron chi connectivity index (χ3n) is 5.47. The van der Waals surface area contributed by atoms with Crippen molar-refractivity contribution in [2.75, 3.05) is 40.5 Å². The average molecular weight is 389 g/mol. The number of hydrogen-bond donors (Lipinski definition) is 0. The summed E-state index contributed by atoms with van der Waals surface area (Å²) in [5, 5.41) is 0. The van der Waals surface area contributed by atoms with Crippen molar-refractivity contribution in [1.82, 2.24) is 14.7 Å². The van der Waals surface area contributed by atoms with Crippen LogP contribution in [0.25, 0.3) is 0 Å². The molecule has 2 aliphatic heterocycles. The maximum Gasteiger partial charge on any atom is 0.321 e. The second-order valence-corrected chi connectivity index (χ2v) is 7.99. The summed E-state index contributed by atoms with van der Waals surface area (Å²) in [7, 11) is 3.28. The van der Waals surface area contributed by atoms with Gasteiger partial charge in [0.2, 0.25) is 5.91 Å². The number of hydrogen-bond acceptors (Lipinski definition) is 4. The van der Waals surface area contributed by atoms with Gasteiger partial charge in [-0.1, -0.05) is 26.0 Å². The highest BCUT2D eigenvalue weighted by Crippen LogP contribution is 2.30. The lowest BCUT2D eigenvalue weighted by Gasteiger charge is -2.42. The number of piperazine rings is 1. The van der Waals surface area contributed by atoms with Crippen LogP contribution in [-0.4, -0.2) is 79.2 Å². The molecule has 7 nitrogen and oxygen atoms in total. The minimum absolute atomic E-state index is 0.0315. The van der Waals surface area contributed by atoms with Crippen molar-refractivity contribution < 1.29 is 19.1 Å². The molecule has 7 heteroatoms. The first-order chi connectivity index (χ1) is 13.4. The van der Waals surface area contributed by atoms with Crippen LogP contribution in [-0.2, 0) is 16.1 Å². The fraction of sp³-hybridized carbons (Fsp3) is 0.619. The third-order valence-corrected chi connectivity index (χ3v) is 5.47. The van der Waals surface area contributed by atoms with Crippen molar-refractivity contribution in [3.8, 4) is 5.75 Å². The van der Waals surface area contributed by atoms with Crippen LogP contribution in [0.15, 0.2) is 24.3 Å². The Morgan fingerprint density at radius 2 is 1.75 bits per heavy atom. The van der Waals surface area contributed by atoms with Gasteiger partial charge in [0.1, 0.15) is 11.8 Å². The van der Waals surface area contributed by atoms with E-state index >= 15 is 0 Å². The lowest BCUT2D eigenvalue weighted by atomic mass is 9.97. The van der Waals surface area contributed by atoms with Crippen molar-refractivity contribution in [2.45, 2.75) is 38.9 Å². The first-order valence-electron chi connectivity index (χ1n) is 9.92. The summed E-state index contributed by atoms with van der Waals surface area (Å²) in [5.74, 6) is 1.17. The molecular formula is C21H31N3O4. The molecule has 0 bridgehead atoms. The summed E-state index contributed by atoms with van der Waals surface area (Å²) in [6.07, 6.45) is 0.681. The van der Waals surface area contributed by atoms with Gasteiger partial charge in [-0.3, -0.25) is 4.79 Å². The van der Waals surface area contributed by atoms with Crippen LogP contribution >= 0.6 is 0 Å². The van der Waals surface area contributed by atoms with Gasteiger partial charge in [-0.05, 0) is 30.0 Å². The molecule has 0 radical (unpaired) electrons. The van der Waals surface area contributed by atoms with E-state index < -0.39 is 0 Å². The Kier molecular flexibility index (Phi) is 6.44. The highest BCUT2D eigenvalue weighted by Gasteiger charge is 2.49. The van der Waals surface area contributed by atoms with E-state index in [1.54, 1.807) is 14.2 Å². The predicted octanol–water partition coefficient (Wildman–Crippen LogP) is 2.20. The molecule has 0 spiro atoms. The van der Waals surface area contributed by atoms with Gasteiger partial charge < -0.3 is 24.2 Å². The first kappa shape index (κ1) is 20.5. The van der Waals surface area contributed by atoms with E-state index in [9.17, 15) is 9.59 Å². The number of methoxy groups -OCH3 is 2. The maximum atomic E-state index is 13.2. The second kappa shape index (κ2) is 8.82. The number of benzene rings is 1. The minimum Gasteiger partial charge on any atom is -0.497 e. The summed E-state index contributed by atoms with van der Waals surface area (Å²) >= 11 is 0. The lowest BCUT2D eigenvalue weighted by molar-refractivity contribution is -0.143. The zero-order valence-electron chi connectivity index (χ0n) is 17.3. The molecule has 2 atom stereocenters. The molecule has 0 aromatic heterocycles. The molecule has 0 aliphatic carbocycles. The van der Waals surface area contributed by atoms with E-state index in [1.807, 2.05) is 39.0 Å². The molecule has 2 fully saturated rings. The number of rotatable bonds is 8. The van der Waals surface area contributed by atoms with Crippen LogP contribution in [0.2, 0.25) is 0 Å². The van der Waals surface area contributed by atoms with Gasteiger partial charge >= 0.3 is 6.03 Å². The number of ether oxygens (including phenoxy) is 2. The number of fused-ring (bicyclic) bond motifs is 1. The monoisotopic (exact) mass is 389 g/mol. The van der Waals surface area contributed by atoms with Gasteiger partial charge in [-0.15, -0.1) is 0 Å². The first-order valence-corrected chi connectivity index (χ1v) is 9.92. The Morgan fingerprint density at radius 3 is 2.36 bits per heavy atom. The van der Waals surface area contributed by atoms with Gasteiger partial charge in [0.15, 0.2) is 0 Å². The highest BCUT2D eigenvalue weighted by atomic mass is 16.5. The van der Waals surface area contributed by atoms with Crippen LogP contribution < -0.4 is 4.74 Å². The molecule has 1 aromatic carbocycles. The summed E-state index contributed by atoms with van der Waals surface area (Å²) in [6, 6.07) is 7.37. The number of carbonyl (C=O) groups excluding carboxylic acids is 2. The molecule has 3 amide bonds. The van der Waals surface area contributed by atoms with Gasteiger partial charge in [-0.2, -0.15) is 0 Å². The second-order valence-electron chi connectivity index (χ2n) is 7.99. The van der Waals surface area contributed by atoms with E-state index in [4.69, 9.17) is 9.47 Å². The van der Waals surface area contributed by atoms with Crippen LogP contribution in [0.4, 0.5) is 4.79 Å². The molecule has 28 heavy (non-hydrogen) atoms. The van der Waals surface area contributed by atoms with Crippen molar-refractivity contribution in [1.29, 1.82) is 0 Å². The summed E-state index contributed by atoms with van der Waals surface area (Å²) in [5.41, 5.74) is 1.05. The predicted molar refractivity (Wildman–Crippen MR) is 106 cm³/mol. The topological polar surface area (TPSA) is 62.3 Å². The molecule has 154 valence electrons.